The number of methoxy groups -OCH3 is 4. The Balaban J connectivity index is 1.09. The Labute approximate surface area is 549 Å². The molecule has 0 bridgehead atoms. The van der Waals surface area contributed by atoms with E-state index in [2.05, 4.69) is 10.6 Å². The first-order chi connectivity index (χ1) is 46.9. The van der Waals surface area contributed by atoms with Gasteiger partial charge in [-0.2, -0.15) is 0 Å². The standard InChI is InChI=1S/C76H62N4O16/c1-87-43-19-11-23-47(29-43)93-59-33-53-63-54(74(84)79(73(53)83)57(27-41-15-7-5-8-16-41)71(81)77-37-51-39-91-51)35-61(95-49-25-13-21-45(31-49)89-3)67-68-62(96-50-26-14-22-46(32-50)90-4)36-56-64-55(34-60(66(70(64)68)65(59)69(63)67)94-48-24-12-20-44(30-48)88-2)75(85)80(76(56)86)58(28-42-17-9-6-10-18-42)72(82)78-38-52-40-92-52/h5-26,29-36,51-52,57-58,73,83H,27-28,37-40H2,1-4H3,(H,77,81)(H,78,82). The van der Waals surface area contributed by atoms with Crippen LogP contribution in [0.3, 0.4) is 0 Å². The molecule has 11 aromatic rings. The van der Waals surface area contributed by atoms with Crippen molar-refractivity contribution in [3.63, 3.8) is 0 Å². The minimum Gasteiger partial charge on any atom is -0.497 e. The maximum Gasteiger partial charge on any atom is 0.262 e. The molecule has 4 aliphatic heterocycles. The second-order valence-electron chi connectivity index (χ2n) is 23.7. The van der Waals surface area contributed by atoms with Gasteiger partial charge in [-0.15, -0.1) is 0 Å². The third-order valence-corrected chi connectivity index (χ3v) is 17.8. The first-order valence-corrected chi connectivity index (χ1v) is 31.3. The summed E-state index contributed by atoms with van der Waals surface area (Å²) in [7, 11) is 6.08. The molecular formula is C76H62N4O16. The van der Waals surface area contributed by atoms with Crippen LogP contribution in [0.1, 0.15) is 54.0 Å². The summed E-state index contributed by atoms with van der Waals surface area (Å²) in [6.07, 6.45) is -2.35. The minimum absolute atomic E-state index is 0.00603. The summed E-state index contributed by atoms with van der Waals surface area (Å²) < 4.78 is 62.7. The highest BCUT2D eigenvalue weighted by Gasteiger charge is 2.47. The summed E-state index contributed by atoms with van der Waals surface area (Å²) in [6, 6.07) is 49.4. The number of fused-ring (bicyclic) bond motifs is 2. The molecule has 11 aromatic carbocycles. The zero-order valence-corrected chi connectivity index (χ0v) is 52.4. The van der Waals surface area contributed by atoms with Gasteiger partial charge in [0.15, 0.2) is 6.23 Å². The lowest BCUT2D eigenvalue weighted by molar-refractivity contribution is -0.129. The number of carbonyl (C=O) groups excluding carboxylic acids is 5. The van der Waals surface area contributed by atoms with Gasteiger partial charge in [0.2, 0.25) is 11.8 Å². The molecule has 4 aliphatic rings. The second-order valence-corrected chi connectivity index (χ2v) is 23.7. The van der Waals surface area contributed by atoms with Crippen molar-refractivity contribution in [1.82, 2.24) is 20.4 Å². The number of benzene rings is 11. The molecule has 2 saturated heterocycles. The number of aliphatic hydroxyl groups excluding tert-OH is 1. The first-order valence-electron chi connectivity index (χ1n) is 31.3. The first kappa shape index (κ1) is 60.8. The summed E-state index contributed by atoms with van der Waals surface area (Å²) in [5.41, 5.74) is 1.52. The van der Waals surface area contributed by atoms with Gasteiger partial charge in [0.05, 0.1) is 70.6 Å². The normalized spacial score (nSPS) is 16.7. The fourth-order valence-corrected chi connectivity index (χ4v) is 13.1. The van der Waals surface area contributed by atoms with Gasteiger partial charge in [-0.3, -0.25) is 33.8 Å². The number of amides is 5. The summed E-state index contributed by atoms with van der Waals surface area (Å²) >= 11 is 0. The van der Waals surface area contributed by atoms with Crippen molar-refractivity contribution in [2.75, 3.05) is 54.7 Å². The number of nitrogens with one attached hydrogen (secondary N) is 2. The van der Waals surface area contributed by atoms with E-state index in [1.54, 1.807) is 121 Å². The number of rotatable bonds is 24. The van der Waals surface area contributed by atoms with Gasteiger partial charge in [-0.05, 0) is 83.9 Å². The van der Waals surface area contributed by atoms with Gasteiger partial charge < -0.3 is 63.1 Å². The number of carbonyl (C=O) groups is 5. The second kappa shape index (κ2) is 25.1. The Hall–Kier alpha value is -11.5. The molecule has 0 aromatic heterocycles. The van der Waals surface area contributed by atoms with Crippen LogP contribution in [0, 0.1) is 0 Å². The molecule has 15 rings (SSSR count). The molecule has 3 N–H and O–H groups in total. The molecule has 5 amide bonds. The molecule has 0 saturated carbocycles. The van der Waals surface area contributed by atoms with Crippen LogP contribution in [0.25, 0.3) is 43.1 Å². The molecule has 0 aliphatic carbocycles. The summed E-state index contributed by atoms with van der Waals surface area (Å²) in [5, 5.41) is 21.3. The van der Waals surface area contributed by atoms with Gasteiger partial charge in [0.25, 0.3) is 17.7 Å². The molecule has 20 heteroatoms. The Kier molecular flexibility index (Phi) is 15.9. The van der Waals surface area contributed by atoms with Crippen LogP contribution in [0.5, 0.6) is 69.0 Å². The molecule has 482 valence electrons. The van der Waals surface area contributed by atoms with E-state index in [-0.39, 0.29) is 149 Å². The van der Waals surface area contributed by atoms with E-state index in [1.807, 2.05) is 60.7 Å². The summed E-state index contributed by atoms with van der Waals surface area (Å²) in [5.74, 6) is -0.510. The number of aliphatic hydroxyl groups is 1. The number of nitrogens with zero attached hydrogens (tertiary/aromatic N) is 2. The Morgan fingerprint density at radius 2 is 0.771 bits per heavy atom. The van der Waals surface area contributed by atoms with Crippen molar-refractivity contribution in [2.24, 2.45) is 0 Å². The molecule has 5 atom stereocenters. The predicted octanol–water partition coefficient (Wildman–Crippen LogP) is 12.2. The smallest absolute Gasteiger partial charge is 0.262 e. The average molecular weight is 1290 g/mol. The van der Waals surface area contributed by atoms with Crippen molar-refractivity contribution in [1.29, 1.82) is 0 Å². The average Bonchev–Trinajstić information content (AvgIpc) is 1.65. The van der Waals surface area contributed by atoms with Gasteiger partial charge in [-0.1, -0.05) is 84.9 Å². The number of hydrogen-bond donors (Lipinski definition) is 3. The van der Waals surface area contributed by atoms with Crippen molar-refractivity contribution in [3.8, 4) is 69.0 Å². The van der Waals surface area contributed by atoms with Crippen molar-refractivity contribution < 1.29 is 76.4 Å². The van der Waals surface area contributed by atoms with E-state index in [0.717, 1.165) is 4.90 Å². The molecule has 5 unspecified atom stereocenters. The zero-order chi connectivity index (χ0) is 65.9. The van der Waals surface area contributed by atoms with Crippen LogP contribution < -0.4 is 48.5 Å². The molecule has 2 fully saturated rings. The van der Waals surface area contributed by atoms with Crippen LogP contribution in [0.2, 0.25) is 0 Å². The molecule has 4 heterocycles. The van der Waals surface area contributed by atoms with Crippen LogP contribution in [0.4, 0.5) is 0 Å². The topological polar surface area (TPSA) is 235 Å². The van der Waals surface area contributed by atoms with Gasteiger partial charge in [0.1, 0.15) is 81.1 Å². The van der Waals surface area contributed by atoms with E-state index in [1.165, 1.54) is 33.3 Å². The van der Waals surface area contributed by atoms with Gasteiger partial charge in [0, 0.05) is 98.8 Å². The highest BCUT2D eigenvalue weighted by Crippen LogP contribution is 2.59. The Morgan fingerprint density at radius 3 is 1.16 bits per heavy atom. The van der Waals surface area contributed by atoms with E-state index in [0.29, 0.717) is 47.3 Å². The number of hydrogen-bond acceptors (Lipinski definition) is 16. The van der Waals surface area contributed by atoms with E-state index in [4.69, 9.17) is 47.4 Å². The van der Waals surface area contributed by atoms with Crippen LogP contribution in [0.15, 0.2) is 182 Å². The minimum atomic E-state index is -1.84. The largest absolute Gasteiger partial charge is 0.497 e. The maximum absolute atomic E-state index is 16.3. The lowest BCUT2D eigenvalue weighted by Crippen LogP contribution is -2.55. The third kappa shape index (κ3) is 11.3. The predicted molar refractivity (Wildman–Crippen MR) is 355 cm³/mol. The monoisotopic (exact) mass is 1290 g/mol. The van der Waals surface area contributed by atoms with Crippen LogP contribution >= 0.6 is 0 Å². The van der Waals surface area contributed by atoms with Crippen LogP contribution in [-0.4, -0.2) is 123 Å². The zero-order valence-electron chi connectivity index (χ0n) is 52.4. The Bertz CT molecular complexity index is 4800. The molecule has 20 nitrogen and oxygen atoms in total. The maximum atomic E-state index is 16.3. The molecular weight excluding hydrogens is 1220 g/mol. The van der Waals surface area contributed by atoms with E-state index >= 15 is 14.4 Å². The number of epoxide rings is 2. The molecule has 96 heavy (non-hydrogen) atoms. The lowest BCUT2D eigenvalue weighted by atomic mass is 9.80. The molecule has 0 spiro atoms. The number of imide groups is 1. The van der Waals surface area contributed by atoms with E-state index in [9.17, 15) is 14.7 Å². The summed E-state index contributed by atoms with van der Waals surface area (Å²) in [4.78, 5) is 80.9. The number of ether oxygens (including phenoxy) is 10. The van der Waals surface area contributed by atoms with Crippen molar-refractivity contribution in [2.45, 2.75) is 43.4 Å². The van der Waals surface area contributed by atoms with Gasteiger partial charge in [-0.25, -0.2) is 0 Å². The SMILES string of the molecule is COc1cccc(Oc2cc3c4c(cc(Oc5cccc(OC)c5)c5c6c(Oc7cccc(OC)c7)cc7c8c(cc(Oc9cccc(OC)c9)c(c2c45)c86)C(=O)N(C(Cc2ccccc2)C(=O)NCC2CO2)C7O)C(=O)N(C(Cc2ccccc2)C(=O)NCC2CO2)C3=O)c1. The van der Waals surface area contributed by atoms with Crippen LogP contribution in [-0.2, 0) is 31.9 Å². The fraction of sp³-hybridized carbons (Fsp3) is 0.197. The highest BCUT2D eigenvalue weighted by atomic mass is 16.6. The fourth-order valence-electron chi connectivity index (χ4n) is 13.1. The van der Waals surface area contributed by atoms with Crippen molar-refractivity contribution >= 4 is 72.6 Å². The quantitative estimate of drug-likeness (QED) is 0.0221. The molecule has 0 radical (unpaired) electrons. The highest BCUT2D eigenvalue weighted by molar-refractivity contribution is 6.43. The lowest BCUT2D eigenvalue weighted by Gasteiger charge is -2.39. The van der Waals surface area contributed by atoms with E-state index < -0.39 is 47.8 Å². The Morgan fingerprint density at radius 1 is 0.427 bits per heavy atom. The third-order valence-electron chi connectivity index (χ3n) is 17.8. The van der Waals surface area contributed by atoms with Crippen molar-refractivity contribution in [3.05, 3.63) is 215 Å². The van der Waals surface area contributed by atoms with Gasteiger partial charge >= 0.3 is 0 Å². The summed E-state index contributed by atoms with van der Waals surface area (Å²) in [6.45, 7) is 1.21.